The van der Waals surface area contributed by atoms with Crippen LogP contribution in [0.5, 0.6) is 0 Å². The highest BCUT2D eigenvalue weighted by molar-refractivity contribution is 5.90. The van der Waals surface area contributed by atoms with Crippen LogP contribution in [0.15, 0.2) is 6.20 Å². The first kappa shape index (κ1) is 10.6. The maximum atomic E-state index is 11.8. The molecule has 86 valence electrons. The number of H-pyrrole nitrogens is 1. The van der Waals surface area contributed by atoms with Crippen LogP contribution in [0.25, 0.3) is 0 Å². The Morgan fingerprint density at radius 1 is 1.50 bits per heavy atom. The van der Waals surface area contributed by atoms with Gasteiger partial charge in [0.15, 0.2) is 0 Å². The molecule has 0 spiro atoms. The van der Waals surface area contributed by atoms with Gasteiger partial charge in [-0.15, -0.1) is 0 Å². The Morgan fingerprint density at radius 3 is 2.75 bits per heavy atom. The Labute approximate surface area is 90.8 Å². The second kappa shape index (κ2) is 4.27. The quantitative estimate of drug-likeness (QED) is 0.514. The van der Waals surface area contributed by atoms with Crippen LogP contribution in [-0.2, 0) is 0 Å². The molecular weight excluding hydrogens is 214 g/mol. The number of nitrogens with one attached hydrogen (secondary N) is 2. The number of amides is 1. The van der Waals surface area contributed by atoms with E-state index >= 15 is 0 Å². The van der Waals surface area contributed by atoms with Crippen molar-refractivity contribution in [2.75, 3.05) is 26.2 Å². The lowest BCUT2D eigenvalue weighted by Crippen LogP contribution is -2.46. The molecule has 1 aromatic heterocycles. The molecule has 0 atom stereocenters. The summed E-state index contributed by atoms with van der Waals surface area (Å²) in [7, 11) is 0. The maximum absolute atomic E-state index is 11.8. The van der Waals surface area contributed by atoms with Gasteiger partial charge in [-0.1, -0.05) is 0 Å². The van der Waals surface area contributed by atoms with E-state index in [0.29, 0.717) is 13.1 Å². The van der Waals surface area contributed by atoms with E-state index in [1.165, 1.54) is 0 Å². The van der Waals surface area contributed by atoms with Gasteiger partial charge in [0.2, 0.25) is 0 Å². The fourth-order valence-electron chi connectivity index (χ4n) is 1.53. The van der Waals surface area contributed by atoms with Crippen LogP contribution in [0, 0.1) is 10.1 Å². The number of piperazine rings is 1. The van der Waals surface area contributed by atoms with Crippen molar-refractivity contribution >= 4 is 11.7 Å². The summed E-state index contributed by atoms with van der Waals surface area (Å²) in [6.07, 6.45) is 1.05. The topological polar surface area (TPSA) is 104 Å². The second-order valence-corrected chi connectivity index (χ2v) is 3.42. The zero-order chi connectivity index (χ0) is 11.5. The smallest absolute Gasteiger partial charge is 0.341 e. The van der Waals surface area contributed by atoms with E-state index < -0.39 is 4.92 Å². The highest BCUT2D eigenvalue weighted by Crippen LogP contribution is 2.08. The highest BCUT2D eigenvalue weighted by Gasteiger charge is 2.24. The standard InChI is InChI=1S/C8H11N5O3/c14-8(12-3-1-9-2-4-12)7-10-5-6(11-7)13(15)16/h5,9H,1-4H2,(H,10,11). The molecule has 0 aromatic carbocycles. The van der Waals surface area contributed by atoms with Gasteiger partial charge in [-0.25, -0.2) is 9.97 Å². The minimum atomic E-state index is -0.610. The minimum Gasteiger partial charge on any atom is -0.358 e. The number of carbonyl (C=O) groups is 1. The summed E-state index contributed by atoms with van der Waals surface area (Å²) in [6, 6.07) is 0. The monoisotopic (exact) mass is 225 g/mol. The van der Waals surface area contributed by atoms with Gasteiger partial charge in [0.1, 0.15) is 6.20 Å². The van der Waals surface area contributed by atoms with Gasteiger partial charge in [-0.05, 0) is 4.92 Å². The lowest BCUT2D eigenvalue weighted by atomic mass is 10.3. The molecule has 2 rings (SSSR count). The first-order valence-corrected chi connectivity index (χ1v) is 4.88. The molecule has 0 aliphatic carbocycles. The number of nitrogens with zero attached hydrogens (tertiary/aromatic N) is 3. The molecule has 1 saturated heterocycles. The zero-order valence-electron chi connectivity index (χ0n) is 8.47. The summed E-state index contributed by atoms with van der Waals surface area (Å²) in [6.45, 7) is 2.64. The predicted octanol–water partition coefficient (Wildman–Crippen LogP) is -0.637. The summed E-state index contributed by atoms with van der Waals surface area (Å²) < 4.78 is 0. The summed E-state index contributed by atoms with van der Waals surface area (Å²) in [4.78, 5) is 29.3. The average molecular weight is 225 g/mol. The van der Waals surface area contributed by atoms with E-state index in [2.05, 4.69) is 15.3 Å². The van der Waals surface area contributed by atoms with Crippen LogP contribution in [0.1, 0.15) is 10.6 Å². The molecule has 1 fully saturated rings. The number of imidazole rings is 1. The zero-order valence-corrected chi connectivity index (χ0v) is 8.47. The van der Waals surface area contributed by atoms with Gasteiger partial charge < -0.3 is 20.3 Å². The Bertz CT molecular complexity index is 410. The Balaban J connectivity index is 2.10. The summed E-state index contributed by atoms with van der Waals surface area (Å²) in [5.41, 5.74) is 0. The fourth-order valence-corrected chi connectivity index (χ4v) is 1.53. The summed E-state index contributed by atoms with van der Waals surface area (Å²) in [5.74, 6) is -0.540. The molecule has 8 nitrogen and oxygen atoms in total. The van der Waals surface area contributed by atoms with E-state index in [1.807, 2.05) is 0 Å². The third-order valence-electron chi connectivity index (χ3n) is 2.37. The summed E-state index contributed by atoms with van der Waals surface area (Å²) >= 11 is 0. The molecule has 8 heteroatoms. The number of hydrogen-bond donors (Lipinski definition) is 2. The average Bonchev–Trinajstić information content (AvgIpc) is 2.78. The van der Waals surface area contributed by atoms with Crippen LogP contribution in [-0.4, -0.2) is 51.9 Å². The van der Waals surface area contributed by atoms with E-state index in [1.54, 1.807) is 4.90 Å². The Hall–Kier alpha value is -1.96. The first-order valence-electron chi connectivity index (χ1n) is 4.88. The van der Waals surface area contributed by atoms with Gasteiger partial charge in [0, 0.05) is 26.2 Å². The number of carbonyl (C=O) groups excluding carboxylic acids is 1. The number of hydrogen-bond acceptors (Lipinski definition) is 5. The van der Waals surface area contributed by atoms with Crippen LogP contribution >= 0.6 is 0 Å². The molecule has 2 heterocycles. The van der Waals surface area contributed by atoms with Crippen molar-refractivity contribution in [3.05, 3.63) is 22.1 Å². The number of rotatable bonds is 2. The molecule has 16 heavy (non-hydrogen) atoms. The van der Waals surface area contributed by atoms with Crippen LogP contribution in [0.4, 0.5) is 5.82 Å². The van der Waals surface area contributed by atoms with Crippen molar-refractivity contribution in [2.24, 2.45) is 0 Å². The molecular formula is C8H11N5O3. The van der Waals surface area contributed by atoms with Gasteiger partial charge in [0.25, 0.3) is 5.82 Å². The lowest BCUT2D eigenvalue weighted by molar-refractivity contribution is -0.389. The van der Waals surface area contributed by atoms with Crippen molar-refractivity contribution in [1.29, 1.82) is 0 Å². The van der Waals surface area contributed by atoms with Crippen molar-refractivity contribution in [2.45, 2.75) is 0 Å². The Kier molecular flexibility index (Phi) is 2.82. The fraction of sp³-hybridized carbons (Fsp3) is 0.500. The molecule has 2 N–H and O–H groups in total. The molecule has 1 aliphatic heterocycles. The van der Waals surface area contributed by atoms with Gasteiger partial charge >= 0.3 is 11.7 Å². The second-order valence-electron chi connectivity index (χ2n) is 3.42. The van der Waals surface area contributed by atoms with Crippen molar-refractivity contribution < 1.29 is 9.72 Å². The molecule has 0 bridgehead atoms. The molecule has 1 aliphatic rings. The predicted molar refractivity (Wildman–Crippen MR) is 54.0 cm³/mol. The third-order valence-corrected chi connectivity index (χ3v) is 2.37. The first-order chi connectivity index (χ1) is 7.68. The highest BCUT2D eigenvalue weighted by atomic mass is 16.6. The van der Waals surface area contributed by atoms with Crippen LogP contribution < -0.4 is 5.32 Å². The molecule has 0 unspecified atom stereocenters. The van der Waals surface area contributed by atoms with Crippen molar-refractivity contribution in [3.63, 3.8) is 0 Å². The van der Waals surface area contributed by atoms with Crippen LogP contribution in [0.3, 0.4) is 0 Å². The third kappa shape index (κ3) is 2.01. The normalized spacial score (nSPS) is 16.1. The van der Waals surface area contributed by atoms with Gasteiger partial charge in [-0.3, -0.25) is 4.79 Å². The van der Waals surface area contributed by atoms with Gasteiger partial charge in [0.05, 0.1) is 0 Å². The Morgan fingerprint density at radius 2 is 2.19 bits per heavy atom. The van der Waals surface area contributed by atoms with Crippen molar-refractivity contribution in [3.8, 4) is 0 Å². The number of nitro groups is 1. The molecule has 1 aromatic rings. The maximum Gasteiger partial charge on any atom is 0.341 e. The SMILES string of the molecule is O=C(c1ncc([N+](=O)[O-])[nH]1)N1CCNCC1. The van der Waals surface area contributed by atoms with E-state index in [4.69, 9.17) is 0 Å². The number of aromatic amines is 1. The van der Waals surface area contributed by atoms with E-state index in [0.717, 1.165) is 19.3 Å². The van der Waals surface area contributed by atoms with E-state index in [-0.39, 0.29) is 17.5 Å². The number of aromatic nitrogens is 2. The van der Waals surface area contributed by atoms with Crippen LogP contribution in [0.2, 0.25) is 0 Å². The minimum absolute atomic E-state index is 0.0219. The molecule has 1 amide bonds. The molecule has 0 saturated carbocycles. The largest absolute Gasteiger partial charge is 0.358 e. The van der Waals surface area contributed by atoms with Crippen molar-refractivity contribution in [1.82, 2.24) is 20.2 Å². The van der Waals surface area contributed by atoms with E-state index in [9.17, 15) is 14.9 Å². The lowest BCUT2D eigenvalue weighted by Gasteiger charge is -2.25. The summed E-state index contributed by atoms with van der Waals surface area (Å²) in [5, 5.41) is 13.5. The molecule has 0 radical (unpaired) electrons. The van der Waals surface area contributed by atoms with Gasteiger partial charge in [-0.2, -0.15) is 0 Å².